The van der Waals surface area contributed by atoms with Crippen LogP contribution in [-0.2, 0) is 4.79 Å². The molecule has 2 aromatic rings. The summed E-state index contributed by atoms with van der Waals surface area (Å²) in [5.41, 5.74) is 6.58. The first-order chi connectivity index (χ1) is 8.99. The molecule has 100 valence electrons. The van der Waals surface area contributed by atoms with Crippen LogP contribution in [0.2, 0.25) is 0 Å². The monoisotopic (exact) mass is 293 g/mol. The highest BCUT2D eigenvalue weighted by atomic mass is 32.2. The average molecular weight is 293 g/mol. The van der Waals surface area contributed by atoms with Gasteiger partial charge in [-0.05, 0) is 26.0 Å². The average Bonchev–Trinajstić information content (AvgIpc) is 2.84. The van der Waals surface area contributed by atoms with Crippen LogP contribution in [0.25, 0.3) is 0 Å². The molecule has 0 aliphatic heterocycles. The number of nitrogens with one attached hydrogen (secondary N) is 1. The minimum Gasteiger partial charge on any atom is -0.398 e. The third-order valence-electron chi connectivity index (χ3n) is 2.48. The largest absolute Gasteiger partial charge is 0.398 e. The van der Waals surface area contributed by atoms with E-state index in [1.807, 2.05) is 43.5 Å². The Kier molecular flexibility index (Phi) is 4.11. The number of nitrogens with zero attached hydrogens (tertiary/aromatic N) is 1. The van der Waals surface area contributed by atoms with E-state index < -0.39 is 4.75 Å². The van der Waals surface area contributed by atoms with Crippen molar-refractivity contribution in [1.82, 2.24) is 4.98 Å². The summed E-state index contributed by atoms with van der Waals surface area (Å²) in [5.74, 6) is -0.0873. The van der Waals surface area contributed by atoms with Gasteiger partial charge in [-0.2, -0.15) is 0 Å². The third kappa shape index (κ3) is 3.48. The van der Waals surface area contributed by atoms with Crippen molar-refractivity contribution in [3.63, 3.8) is 0 Å². The van der Waals surface area contributed by atoms with Crippen LogP contribution < -0.4 is 11.1 Å². The summed E-state index contributed by atoms with van der Waals surface area (Å²) in [6.07, 6.45) is 1.66. The summed E-state index contributed by atoms with van der Waals surface area (Å²) < 4.78 is -0.624. The Morgan fingerprint density at radius 3 is 2.79 bits per heavy atom. The maximum atomic E-state index is 12.2. The molecule has 2 rings (SSSR count). The van der Waals surface area contributed by atoms with E-state index in [0.717, 1.165) is 4.90 Å². The first-order valence-electron chi connectivity index (χ1n) is 5.73. The normalized spacial score (nSPS) is 11.3. The topological polar surface area (TPSA) is 68.0 Å². The van der Waals surface area contributed by atoms with Gasteiger partial charge >= 0.3 is 0 Å². The molecule has 1 amide bonds. The van der Waals surface area contributed by atoms with Crippen molar-refractivity contribution in [2.45, 2.75) is 23.5 Å². The molecule has 6 heteroatoms. The van der Waals surface area contributed by atoms with Gasteiger partial charge in [0.25, 0.3) is 0 Å². The quantitative estimate of drug-likeness (QED) is 0.671. The van der Waals surface area contributed by atoms with Gasteiger partial charge in [-0.1, -0.05) is 12.1 Å². The number of benzene rings is 1. The van der Waals surface area contributed by atoms with E-state index in [4.69, 9.17) is 5.73 Å². The van der Waals surface area contributed by atoms with Crippen LogP contribution in [0, 0.1) is 0 Å². The molecule has 0 fully saturated rings. The van der Waals surface area contributed by atoms with Gasteiger partial charge in [-0.25, -0.2) is 4.98 Å². The molecule has 1 heterocycles. The zero-order valence-corrected chi connectivity index (χ0v) is 12.3. The van der Waals surface area contributed by atoms with Crippen molar-refractivity contribution in [1.29, 1.82) is 0 Å². The fourth-order valence-electron chi connectivity index (χ4n) is 1.43. The molecule has 0 atom stereocenters. The number of thioether (sulfide) groups is 1. The minimum absolute atomic E-state index is 0.0873. The van der Waals surface area contributed by atoms with Gasteiger partial charge in [0.2, 0.25) is 5.91 Å². The second-order valence-corrected chi connectivity index (χ2v) is 7.00. The summed E-state index contributed by atoms with van der Waals surface area (Å²) >= 11 is 2.84. The zero-order valence-electron chi connectivity index (χ0n) is 10.7. The molecule has 0 bridgehead atoms. The summed E-state index contributed by atoms with van der Waals surface area (Å²) in [6.45, 7) is 3.74. The Hall–Kier alpha value is -1.53. The van der Waals surface area contributed by atoms with Crippen molar-refractivity contribution >= 4 is 39.8 Å². The number of nitrogen functional groups attached to an aromatic ring is 1. The number of anilines is 2. The van der Waals surface area contributed by atoms with Crippen molar-refractivity contribution in [2.24, 2.45) is 0 Å². The molecule has 0 saturated carbocycles. The fraction of sp³-hybridized carbons (Fsp3) is 0.231. The molecule has 4 nitrogen and oxygen atoms in total. The molecule has 19 heavy (non-hydrogen) atoms. The van der Waals surface area contributed by atoms with E-state index in [-0.39, 0.29) is 5.91 Å². The summed E-state index contributed by atoms with van der Waals surface area (Å²) in [6, 6.07) is 7.53. The first kappa shape index (κ1) is 13.9. The number of nitrogens with two attached hydrogens (primary N) is 1. The second kappa shape index (κ2) is 5.63. The Bertz CT molecular complexity index is 567. The third-order valence-corrected chi connectivity index (χ3v) is 4.46. The highest BCUT2D eigenvalue weighted by Gasteiger charge is 2.30. The lowest BCUT2D eigenvalue weighted by Gasteiger charge is -2.23. The minimum atomic E-state index is -0.624. The van der Waals surface area contributed by atoms with Gasteiger partial charge in [0, 0.05) is 22.2 Å². The number of carbonyl (C=O) groups is 1. The molecule has 1 aromatic heterocycles. The maximum Gasteiger partial charge on any atom is 0.242 e. The molecule has 0 aliphatic rings. The summed E-state index contributed by atoms with van der Waals surface area (Å²) in [5, 5.41) is 5.24. The van der Waals surface area contributed by atoms with Crippen LogP contribution in [0.3, 0.4) is 0 Å². The van der Waals surface area contributed by atoms with Crippen LogP contribution >= 0.6 is 23.1 Å². The smallest absolute Gasteiger partial charge is 0.242 e. The molecule has 1 aromatic carbocycles. The molecular weight excluding hydrogens is 278 g/mol. The van der Waals surface area contributed by atoms with Gasteiger partial charge in [-0.15, -0.1) is 23.1 Å². The number of amides is 1. The number of hydrogen-bond acceptors (Lipinski definition) is 5. The first-order valence-corrected chi connectivity index (χ1v) is 7.43. The lowest BCUT2D eigenvalue weighted by atomic mass is 10.2. The molecule has 0 saturated heterocycles. The van der Waals surface area contributed by atoms with E-state index in [1.165, 1.54) is 23.1 Å². The standard InChI is InChI=1S/C13H15N3OS2/c1-13(2,11(17)16-12-15-7-8-18-12)19-10-6-4-3-5-9(10)14/h3-8H,14H2,1-2H3,(H,15,16,17). The number of para-hydroxylation sites is 1. The summed E-state index contributed by atoms with van der Waals surface area (Å²) in [7, 11) is 0. The van der Waals surface area contributed by atoms with Crippen molar-refractivity contribution in [2.75, 3.05) is 11.1 Å². The predicted octanol–water partition coefficient (Wildman–Crippen LogP) is 3.23. The molecular formula is C13H15N3OS2. The SMILES string of the molecule is CC(C)(Sc1ccccc1N)C(=O)Nc1nccs1. The second-order valence-electron chi connectivity index (χ2n) is 4.44. The number of aromatic nitrogens is 1. The maximum absolute atomic E-state index is 12.2. The van der Waals surface area contributed by atoms with Gasteiger partial charge in [-0.3, -0.25) is 4.79 Å². The Labute approximate surface area is 120 Å². The fourth-order valence-corrected chi connectivity index (χ4v) is 2.98. The van der Waals surface area contributed by atoms with Gasteiger partial charge in [0.15, 0.2) is 5.13 Å². The number of hydrogen-bond donors (Lipinski definition) is 2. The Morgan fingerprint density at radius 1 is 1.42 bits per heavy atom. The van der Waals surface area contributed by atoms with E-state index in [1.54, 1.807) is 6.20 Å². The van der Waals surface area contributed by atoms with Crippen molar-refractivity contribution in [3.05, 3.63) is 35.8 Å². The Balaban J connectivity index is 2.09. The van der Waals surface area contributed by atoms with E-state index >= 15 is 0 Å². The van der Waals surface area contributed by atoms with Crippen LogP contribution in [-0.4, -0.2) is 15.6 Å². The van der Waals surface area contributed by atoms with Crippen LogP contribution in [0.15, 0.2) is 40.7 Å². The number of rotatable bonds is 4. The predicted molar refractivity (Wildman–Crippen MR) is 81.5 cm³/mol. The van der Waals surface area contributed by atoms with E-state index in [0.29, 0.717) is 10.8 Å². The van der Waals surface area contributed by atoms with Crippen molar-refractivity contribution < 1.29 is 4.79 Å². The van der Waals surface area contributed by atoms with E-state index in [2.05, 4.69) is 10.3 Å². The highest BCUT2D eigenvalue weighted by Crippen LogP contribution is 2.36. The van der Waals surface area contributed by atoms with Crippen LogP contribution in [0.1, 0.15) is 13.8 Å². The molecule has 0 spiro atoms. The van der Waals surface area contributed by atoms with Crippen LogP contribution in [0.5, 0.6) is 0 Å². The van der Waals surface area contributed by atoms with Crippen LogP contribution in [0.4, 0.5) is 10.8 Å². The highest BCUT2D eigenvalue weighted by molar-refractivity contribution is 8.01. The van der Waals surface area contributed by atoms with Crippen molar-refractivity contribution in [3.8, 4) is 0 Å². The van der Waals surface area contributed by atoms with E-state index in [9.17, 15) is 4.79 Å². The molecule has 0 aliphatic carbocycles. The lowest BCUT2D eigenvalue weighted by molar-refractivity contribution is -0.117. The molecule has 0 radical (unpaired) electrons. The Morgan fingerprint density at radius 2 is 2.16 bits per heavy atom. The molecule has 3 N–H and O–H groups in total. The zero-order chi connectivity index (χ0) is 13.9. The number of thiazole rings is 1. The van der Waals surface area contributed by atoms with Gasteiger partial charge < -0.3 is 11.1 Å². The number of carbonyl (C=O) groups excluding carboxylic acids is 1. The van der Waals surface area contributed by atoms with Gasteiger partial charge in [0.05, 0.1) is 4.75 Å². The molecule has 0 unspecified atom stereocenters. The summed E-state index contributed by atoms with van der Waals surface area (Å²) in [4.78, 5) is 17.2. The van der Waals surface area contributed by atoms with Gasteiger partial charge in [0.1, 0.15) is 0 Å². The lowest BCUT2D eigenvalue weighted by Crippen LogP contribution is -2.34.